The minimum atomic E-state index is 0.564. The molecule has 2 N–H and O–H groups in total. The second-order valence-electron chi connectivity index (χ2n) is 4.42. The van der Waals surface area contributed by atoms with Gasteiger partial charge in [0.1, 0.15) is 0 Å². The summed E-state index contributed by atoms with van der Waals surface area (Å²) in [6.07, 6.45) is 0. The largest absolute Gasteiger partial charge is 0.358 e. The maximum Gasteiger partial charge on any atom is 0.171 e. The van der Waals surface area contributed by atoms with E-state index in [-0.39, 0.29) is 0 Å². The smallest absolute Gasteiger partial charge is 0.171 e. The van der Waals surface area contributed by atoms with E-state index in [1.807, 2.05) is 31.2 Å². The highest BCUT2D eigenvalue weighted by molar-refractivity contribution is 14.1. The molecule has 0 atom stereocenters. The van der Waals surface area contributed by atoms with Crippen LogP contribution in [0.4, 0.5) is 5.69 Å². The number of hydrogen-bond acceptors (Lipinski definition) is 1. The van der Waals surface area contributed by atoms with Gasteiger partial charge in [-0.1, -0.05) is 29.8 Å². The van der Waals surface area contributed by atoms with E-state index in [1.165, 1.54) is 9.13 Å². The van der Waals surface area contributed by atoms with Crippen molar-refractivity contribution in [2.24, 2.45) is 0 Å². The first-order valence-electron chi connectivity index (χ1n) is 6.10. The second kappa shape index (κ2) is 7.24. The van der Waals surface area contributed by atoms with Crippen LogP contribution in [-0.2, 0) is 6.54 Å². The van der Waals surface area contributed by atoms with Gasteiger partial charge >= 0.3 is 0 Å². The summed E-state index contributed by atoms with van der Waals surface area (Å²) in [7, 11) is 0. The van der Waals surface area contributed by atoms with E-state index in [2.05, 4.69) is 51.4 Å². The fourth-order valence-electron chi connectivity index (χ4n) is 1.72. The van der Waals surface area contributed by atoms with Gasteiger partial charge in [-0.2, -0.15) is 0 Å². The SMILES string of the molecule is Cc1ccc(NC(=S)NCc2cccc(I)c2)c(Cl)c1. The van der Waals surface area contributed by atoms with E-state index in [0.717, 1.165) is 11.3 Å². The van der Waals surface area contributed by atoms with Crippen molar-refractivity contribution >= 4 is 57.2 Å². The first-order valence-corrected chi connectivity index (χ1v) is 7.96. The summed E-state index contributed by atoms with van der Waals surface area (Å²) in [5.41, 5.74) is 3.13. The lowest BCUT2D eigenvalue weighted by atomic mass is 10.2. The molecule has 0 aliphatic carbocycles. The highest BCUT2D eigenvalue weighted by Crippen LogP contribution is 2.22. The Morgan fingerprint density at radius 1 is 1.25 bits per heavy atom. The topological polar surface area (TPSA) is 24.1 Å². The van der Waals surface area contributed by atoms with Crippen LogP contribution in [0.25, 0.3) is 0 Å². The molecule has 104 valence electrons. The number of aryl methyl sites for hydroxylation is 1. The molecule has 0 spiro atoms. The zero-order valence-electron chi connectivity index (χ0n) is 10.9. The Morgan fingerprint density at radius 3 is 2.75 bits per heavy atom. The lowest BCUT2D eigenvalue weighted by Crippen LogP contribution is -2.28. The van der Waals surface area contributed by atoms with Crippen LogP contribution in [-0.4, -0.2) is 5.11 Å². The van der Waals surface area contributed by atoms with Crippen LogP contribution in [0.2, 0.25) is 5.02 Å². The average molecular weight is 417 g/mol. The predicted molar refractivity (Wildman–Crippen MR) is 98.4 cm³/mol. The van der Waals surface area contributed by atoms with Crippen molar-refractivity contribution in [1.29, 1.82) is 0 Å². The zero-order chi connectivity index (χ0) is 14.5. The van der Waals surface area contributed by atoms with Crippen molar-refractivity contribution in [3.8, 4) is 0 Å². The van der Waals surface area contributed by atoms with Crippen molar-refractivity contribution in [1.82, 2.24) is 5.32 Å². The summed E-state index contributed by atoms with van der Waals surface area (Å²) in [6.45, 7) is 2.69. The summed E-state index contributed by atoms with van der Waals surface area (Å²) >= 11 is 13.7. The minimum Gasteiger partial charge on any atom is -0.358 e. The summed E-state index contributed by atoms with van der Waals surface area (Å²) in [4.78, 5) is 0. The highest BCUT2D eigenvalue weighted by atomic mass is 127. The normalized spacial score (nSPS) is 10.2. The fourth-order valence-corrected chi connectivity index (χ4v) is 2.79. The molecule has 0 amide bonds. The summed E-state index contributed by atoms with van der Waals surface area (Å²) < 4.78 is 1.21. The maximum atomic E-state index is 6.16. The Balaban J connectivity index is 1.92. The molecule has 0 radical (unpaired) electrons. The Morgan fingerprint density at radius 2 is 2.05 bits per heavy atom. The van der Waals surface area contributed by atoms with Crippen LogP contribution in [0, 0.1) is 10.5 Å². The van der Waals surface area contributed by atoms with Gasteiger partial charge in [0.2, 0.25) is 0 Å². The molecule has 0 aromatic heterocycles. The molecular formula is C15H14ClIN2S. The van der Waals surface area contributed by atoms with Crippen molar-refractivity contribution in [2.75, 3.05) is 5.32 Å². The van der Waals surface area contributed by atoms with Gasteiger partial charge in [-0.15, -0.1) is 0 Å². The third-order valence-corrected chi connectivity index (χ3v) is 3.94. The van der Waals surface area contributed by atoms with E-state index in [1.54, 1.807) is 0 Å². The Kier molecular flexibility index (Phi) is 5.63. The number of anilines is 1. The average Bonchev–Trinajstić information content (AvgIpc) is 2.40. The predicted octanol–water partition coefficient (Wildman–Crippen LogP) is 4.74. The van der Waals surface area contributed by atoms with Gasteiger partial charge in [0.05, 0.1) is 10.7 Å². The molecule has 2 aromatic carbocycles. The van der Waals surface area contributed by atoms with Gasteiger partial charge in [-0.25, -0.2) is 0 Å². The molecule has 0 saturated carbocycles. The quantitative estimate of drug-likeness (QED) is 0.558. The molecule has 5 heteroatoms. The first-order chi connectivity index (χ1) is 9.54. The van der Waals surface area contributed by atoms with Gasteiger partial charge in [-0.05, 0) is 77.1 Å². The number of rotatable bonds is 3. The molecule has 2 rings (SSSR count). The van der Waals surface area contributed by atoms with E-state index in [4.69, 9.17) is 23.8 Å². The van der Waals surface area contributed by atoms with Crippen LogP contribution in [0.15, 0.2) is 42.5 Å². The first kappa shape index (κ1) is 15.5. The third-order valence-electron chi connectivity index (χ3n) is 2.71. The van der Waals surface area contributed by atoms with Crippen LogP contribution >= 0.6 is 46.4 Å². The van der Waals surface area contributed by atoms with E-state index < -0.39 is 0 Å². The van der Waals surface area contributed by atoms with Crippen molar-refractivity contribution in [2.45, 2.75) is 13.5 Å². The third kappa shape index (κ3) is 4.61. The lowest BCUT2D eigenvalue weighted by Gasteiger charge is -2.12. The zero-order valence-corrected chi connectivity index (χ0v) is 14.6. The summed E-state index contributed by atoms with van der Waals surface area (Å²) in [5, 5.41) is 7.52. The van der Waals surface area contributed by atoms with Gasteiger partial charge in [0.25, 0.3) is 0 Å². The second-order valence-corrected chi connectivity index (χ2v) is 6.48. The van der Waals surface area contributed by atoms with Crippen molar-refractivity contribution < 1.29 is 0 Å². The molecule has 0 saturated heterocycles. The van der Waals surface area contributed by atoms with E-state index in [0.29, 0.717) is 16.7 Å². The lowest BCUT2D eigenvalue weighted by molar-refractivity contribution is 0.925. The van der Waals surface area contributed by atoms with Gasteiger partial charge in [0, 0.05) is 10.1 Å². The van der Waals surface area contributed by atoms with Crippen molar-refractivity contribution in [3.05, 3.63) is 62.2 Å². The molecule has 0 aliphatic rings. The maximum absolute atomic E-state index is 6.16. The standard InChI is InChI=1S/C15H14ClIN2S/c1-10-5-6-14(13(16)7-10)19-15(20)18-9-11-3-2-4-12(17)8-11/h2-8H,9H2,1H3,(H2,18,19,20). The van der Waals surface area contributed by atoms with E-state index in [9.17, 15) is 0 Å². The molecule has 0 unspecified atom stereocenters. The van der Waals surface area contributed by atoms with Gasteiger partial charge in [-0.3, -0.25) is 0 Å². The number of halogens is 2. The molecule has 20 heavy (non-hydrogen) atoms. The van der Waals surface area contributed by atoms with Crippen LogP contribution in [0.1, 0.15) is 11.1 Å². The monoisotopic (exact) mass is 416 g/mol. The molecular weight excluding hydrogens is 403 g/mol. The molecule has 0 fully saturated rings. The number of nitrogens with one attached hydrogen (secondary N) is 2. The van der Waals surface area contributed by atoms with Crippen molar-refractivity contribution in [3.63, 3.8) is 0 Å². The Hall–Kier alpha value is -0.850. The number of thiocarbonyl (C=S) groups is 1. The Labute approximate surface area is 143 Å². The van der Waals surface area contributed by atoms with E-state index >= 15 is 0 Å². The molecule has 2 nitrogen and oxygen atoms in total. The van der Waals surface area contributed by atoms with Gasteiger partial charge in [0.15, 0.2) is 5.11 Å². The van der Waals surface area contributed by atoms with Crippen LogP contribution in [0.3, 0.4) is 0 Å². The number of benzene rings is 2. The highest BCUT2D eigenvalue weighted by Gasteiger charge is 2.03. The fraction of sp³-hybridized carbons (Fsp3) is 0.133. The van der Waals surface area contributed by atoms with Crippen LogP contribution in [0.5, 0.6) is 0 Å². The molecule has 0 aliphatic heterocycles. The molecule has 0 bridgehead atoms. The Bertz CT molecular complexity index is 631. The summed E-state index contributed by atoms with van der Waals surface area (Å²) in [6, 6.07) is 14.1. The summed E-state index contributed by atoms with van der Waals surface area (Å²) in [5.74, 6) is 0. The molecule has 2 aromatic rings. The van der Waals surface area contributed by atoms with Gasteiger partial charge < -0.3 is 10.6 Å². The van der Waals surface area contributed by atoms with Crippen LogP contribution < -0.4 is 10.6 Å². The molecule has 0 heterocycles. The minimum absolute atomic E-state index is 0.564. The number of hydrogen-bond donors (Lipinski definition) is 2.